The molecule has 1 aliphatic heterocycles. The first kappa shape index (κ1) is 19.7. The number of hydrogen-bond donors (Lipinski definition) is 0. The summed E-state index contributed by atoms with van der Waals surface area (Å²) in [6, 6.07) is 6.02. The molecule has 1 aromatic heterocycles. The number of hydrogen-bond acceptors (Lipinski definition) is 6. The predicted octanol–water partition coefficient (Wildman–Crippen LogP) is 2.44. The molecule has 27 heavy (non-hydrogen) atoms. The molecule has 2 aromatic rings. The van der Waals surface area contributed by atoms with E-state index in [2.05, 4.69) is 23.2 Å². The zero-order valence-corrected chi connectivity index (χ0v) is 16.9. The van der Waals surface area contributed by atoms with Crippen LogP contribution in [0.3, 0.4) is 0 Å². The van der Waals surface area contributed by atoms with E-state index >= 15 is 0 Å². The second-order valence-corrected chi connectivity index (χ2v) is 7.35. The summed E-state index contributed by atoms with van der Waals surface area (Å²) in [5.41, 5.74) is 2.33. The van der Waals surface area contributed by atoms with Crippen molar-refractivity contribution in [3.05, 3.63) is 35.2 Å². The molecule has 0 spiro atoms. The number of morpholine rings is 1. The van der Waals surface area contributed by atoms with Crippen LogP contribution in [0.2, 0.25) is 0 Å². The number of carbonyl (C=O) groups is 1. The van der Waals surface area contributed by atoms with Crippen LogP contribution in [-0.4, -0.2) is 57.6 Å². The van der Waals surface area contributed by atoms with E-state index in [0.717, 1.165) is 28.8 Å². The van der Waals surface area contributed by atoms with E-state index in [9.17, 15) is 4.79 Å². The van der Waals surface area contributed by atoms with Crippen LogP contribution in [-0.2, 0) is 22.7 Å². The Morgan fingerprint density at radius 1 is 1.26 bits per heavy atom. The SMILES string of the molecule is CCn1c(COc2cccc(C)c2C)nnc1SCC(=O)N1CCOCC1. The normalized spacial score (nSPS) is 14.4. The maximum Gasteiger partial charge on any atom is 0.233 e. The zero-order valence-electron chi connectivity index (χ0n) is 16.1. The van der Waals surface area contributed by atoms with Crippen LogP contribution >= 0.6 is 11.8 Å². The van der Waals surface area contributed by atoms with Crippen molar-refractivity contribution in [2.75, 3.05) is 32.1 Å². The van der Waals surface area contributed by atoms with Gasteiger partial charge in [0.05, 0.1) is 19.0 Å². The van der Waals surface area contributed by atoms with Crippen LogP contribution < -0.4 is 4.74 Å². The molecule has 0 radical (unpaired) electrons. The van der Waals surface area contributed by atoms with Gasteiger partial charge in [-0.15, -0.1) is 10.2 Å². The Bertz CT molecular complexity index is 787. The molecule has 0 unspecified atom stereocenters. The first-order valence-corrected chi connectivity index (χ1v) is 10.2. The molecule has 7 nitrogen and oxygen atoms in total. The highest BCUT2D eigenvalue weighted by Gasteiger charge is 2.19. The van der Waals surface area contributed by atoms with Crippen LogP contribution in [0.15, 0.2) is 23.4 Å². The fourth-order valence-electron chi connectivity index (χ4n) is 2.90. The summed E-state index contributed by atoms with van der Waals surface area (Å²) in [6.45, 7) is 9.78. The summed E-state index contributed by atoms with van der Waals surface area (Å²) in [6.07, 6.45) is 0. The molecule has 0 saturated carbocycles. The van der Waals surface area contributed by atoms with Gasteiger partial charge in [0.2, 0.25) is 5.91 Å². The van der Waals surface area contributed by atoms with Gasteiger partial charge in [-0.3, -0.25) is 4.79 Å². The summed E-state index contributed by atoms with van der Waals surface area (Å²) in [5, 5.41) is 9.27. The Kier molecular flexibility index (Phi) is 6.73. The average molecular weight is 391 g/mol. The minimum Gasteiger partial charge on any atom is -0.485 e. The topological polar surface area (TPSA) is 69.5 Å². The fourth-order valence-corrected chi connectivity index (χ4v) is 3.83. The van der Waals surface area contributed by atoms with E-state index in [4.69, 9.17) is 9.47 Å². The van der Waals surface area contributed by atoms with Gasteiger partial charge in [-0.05, 0) is 38.0 Å². The first-order chi connectivity index (χ1) is 13.1. The number of rotatable bonds is 7. The number of thioether (sulfide) groups is 1. The molecule has 1 aliphatic rings. The number of amides is 1. The van der Waals surface area contributed by atoms with Gasteiger partial charge in [-0.25, -0.2) is 0 Å². The lowest BCUT2D eigenvalue weighted by molar-refractivity contribution is -0.132. The lowest BCUT2D eigenvalue weighted by atomic mass is 10.1. The Hall–Kier alpha value is -2.06. The predicted molar refractivity (Wildman–Crippen MR) is 104 cm³/mol. The second kappa shape index (κ2) is 9.23. The summed E-state index contributed by atoms with van der Waals surface area (Å²) in [4.78, 5) is 14.2. The van der Waals surface area contributed by atoms with Crippen LogP contribution in [0.25, 0.3) is 0 Å². The van der Waals surface area contributed by atoms with Crippen molar-refractivity contribution in [3.8, 4) is 5.75 Å². The van der Waals surface area contributed by atoms with Crippen molar-refractivity contribution in [1.29, 1.82) is 0 Å². The van der Waals surface area contributed by atoms with E-state index in [1.54, 1.807) is 0 Å². The summed E-state index contributed by atoms with van der Waals surface area (Å²) >= 11 is 1.42. The molecule has 0 atom stereocenters. The number of benzene rings is 1. The van der Waals surface area contributed by atoms with Gasteiger partial charge in [-0.2, -0.15) is 0 Å². The molecule has 2 heterocycles. The molecule has 0 bridgehead atoms. The van der Waals surface area contributed by atoms with Crippen molar-refractivity contribution in [2.45, 2.75) is 39.1 Å². The Labute approximate surface area is 164 Å². The number of aromatic nitrogens is 3. The Balaban J connectivity index is 1.60. The van der Waals surface area contributed by atoms with Crippen LogP contribution in [0.5, 0.6) is 5.75 Å². The van der Waals surface area contributed by atoms with Crippen molar-refractivity contribution in [1.82, 2.24) is 19.7 Å². The molecular formula is C19H26N4O3S. The van der Waals surface area contributed by atoms with Crippen LogP contribution in [0, 0.1) is 13.8 Å². The zero-order chi connectivity index (χ0) is 19.2. The van der Waals surface area contributed by atoms with E-state index in [1.807, 2.05) is 35.4 Å². The third-order valence-electron chi connectivity index (χ3n) is 4.71. The molecule has 146 valence electrons. The third-order valence-corrected chi connectivity index (χ3v) is 5.66. The van der Waals surface area contributed by atoms with Gasteiger partial charge in [0.1, 0.15) is 12.4 Å². The molecule has 0 N–H and O–H groups in total. The molecule has 3 rings (SSSR count). The third kappa shape index (κ3) is 4.81. The highest BCUT2D eigenvalue weighted by Crippen LogP contribution is 2.23. The molecule has 0 aliphatic carbocycles. The Morgan fingerprint density at radius 3 is 2.78 bits per heavy atom. The van der Waals surface area contributed by atoms with Crippen molar-refractivity contribution in [2.24, 2.45) is 0 Å². The van der Waals surface area contributed by atoms with Crippen molar-refractivity contribution >= 4 is 17.7 Å². The largest absolute Gasteiger partial charge is 0.485 e. The first-order valence-electron chi connectivity index (χ1n) is 9.19. The van der Waals surface area contributed by atoms with Crippen LogP contribution in [0.1, 0.15) is 23.9 Å². The molecule has 1 saturated heterocycles. The lowest BCUT2D eigenvalue weighted by Crippen LogP contribution is -2.41. The van der Waals surface area contributed by atoms with E-state index in [1.165, 1.54) is 17.3 Å². The Morgan fingerprint density at radius 2 is 2.04 bits per heavy atom. The molecule has 8 heteroatoms. The maximum absolute atomic E-state index is 12.3. The van der Waals surface area contributed by atoms with Crippen molar-refractivity contribution < 1.29 is 14.3 Å². The van der Waals surface area contributed by atoms with E-state index < -0.39 is 0 Å². The standard InChI is InChI=1S/C19H26N4O3S/c1-4-23-17(12-26-16-7-5-6-14(2)15(16)3)20-21-19(23)27-13-18(24)22-8-10-25-11-9-22/h5-7H,4,8-13H2,1-3H3. The van der Waals surface area contributed by atoms with Gasteiger partial charge >= 0.3 is 0 Å². The summed E-state index contributed by atoms with van der Waals surface area (Å²) < 4.78 is 13.3. The van der Waals surface area contributed by atoms with E-state index in [0.29, 0.717) is 38.7 Å². The monoisotopic (exact) mass is 390 g/mol. The number of carbonyl (C=O) groups excluding carboxylic acids is 1. The quantitative estimate of drug-likeness (QED) is 0.677. The van der Waals surface area contributed by atoms with Crippen molar-refractivity contribution in [3.63, 3.8) is 0 Å². The minimum atomic E-state index is 0.113. The highest BCUT2D eigenvalue weighted by atomic mass is 32.2. The van der Waals surface area contributed by atoms with E-state index in [-0.39, 0.29) is 5.91 Å². The number of aryl methyl sites for hydroxylation is 1. The fraction of sp³-hybridized carbons (Fsp3) is 0.526. The molecular weight excluding hydrogens is 364 g/mol. The molecule has 1 amide bonds. The average Bonchev–Trinajstić information content (AvgIpc) is 3.09. The highest BCUT2D eigenvalue weighted by molar-refractivity contribution is 7.99. The van der Waals surface area contributed by atoms with Gasteiger partial charge in [0, 0.05) is 19.6 Å². The molecule has 1 fully saturated rings. The van der Waals surface area contributed by atoms with Gasteiger partial charge in [-0.1, -0.05) is 23.9 Å². The number of nitrogens with zero attached hydrogens (tertiary/aromatic N) is 4. The number of ether oxygens (including phenoxy) is 2. The molecule has 1 aromatic carbocycles. The van der Waals surface area contributed by atoms with Gasteiger partial charge in [0.15, 0.2) is 11.0 Å². The minimum absolute atomic E-state index is 0.113. The smallest absolute Gasteiger partial charge is 0.233 e. The second-order valence-electron chi connectivity index (χ2n) is 6.41. The maximum atomic E-state index is 12.3. The van der Waals surface area contributed by atoms with Gasteiger partial charge in [0.25, 0.3) is 0 Å². The van der Waals surface area contributed by atoms with Crippen LogP contribution in [0.4, 0.5) is 0 Å². The summed E-state index contributed by atoms with van der Waals surface area (Å²) in [5.74, 6) is 2.09. The van der Waals surface area contributed by atoms with Gasteiger partial charge < -0.3 is 18.9 Å². The summed E-state index contributed by atoms with van der Waals surface area (Å²) in [7, 11) is 0. The lowest BCUT2D eigenvalue weighted by Gasteiger charge is -2.26.